The van der Waals surface area contributed by atoms with Gasteiger partial charge in [0.25, 0.3) is 6.08 Å². The number of ether oxygens (including phenoxy) is 1. The number of unbranched alkanes of at least 4 members (excludes halogenated alkanes) is 1. The maximum atomic E-state index is 12.4. The van der Waals surface area contributed by atoms with Gasteiger partial charge in [0, 0.05) is 5.92 Å². The summed E-state index contributed by atoms with van der Waals surface area (Å²) in [5.74, 6) is 3.04. The summed E-state index contributed by atoms with van der Waals surface area (Å²) in [4.78, 5) is 0. The van der Waals surface area contributed by atoms with Crippen LogP contribution >= 0.6 is 0 Å². The molecule has 1 aliphatic heterocycles. The lowest BCUT2D eigenvalue weighted by atomic mass is 9.68. The van der Waals surface area contributed by atoms with Gasteiger partial charge in [0.2, 0.25) is 0 Å². The molecule has 0 bridgehead atoms. The summed E-state index contributed by atoms with van der Waals surface area (Å²) in [6.45, 7) is 4.65. The van der Waals surface area contributed by atoms with Crippen LogP contribution in [-0.2, 0) is 4.74 Å². The largest absolute Gasteiger partial charge is 0.377 e. The predicted molar refractivity (Wildman–Crippen MR) is 112 cm³/mol. The van der Waals surface area contributed by atoms with Crippen LogP contribution in [0.3, 0.4) is 0 Å². The van der Waals surface area contributed by atoms with Crippen molar-refractivity contribution in [1.82, 2.24) is 0 Å². The molecule has 1 saturated heterocycles. The SMILES string of the molecule is C=CCCC=CC1CCC(C2CCC(C3CCC(C=C(F)F)CC3)CC2)OC1. The molecule has 0 amide bonds. The lowest BCUT2D eigenvalue weighted by Gasteiger charge is -2.40. The summed E-state index contributed by atoms with van der Waals surface area (Å²) in [7, 11) is 0. The zero-order chi connectivity index (χ0) is 19.8. The average molecular weight is 393 g/mol. The van der Waals surface area contributed by atoms with Crippen LogP contribution in [0.1, 0.15) is 77.0 Å². The zero-order valence-electron chi connectivity index (χ0n) is 17.3. The lowest BCUT2D eigenvalue weighted by Crippen LogP contribution is -2.35. The van der Waals surface area contributed by atoms with Crippen molar-refractivity contribution in [1.29, 1.82) is 0 Å². The minimum Gasteiger partial charge on any atom is -0.377 e. The number of halogens is 2. The Bertz CT molecular complexity index is 513. The Balaban J connectivity index is 1.34. The van der Waals surface area contributed by atoms with Gasteiger partial charge in [0.1, 0.15) is 0 Å². The molecule has 3 aliphatic rings. The highest BCUT2D eigenvalue weighted by Crippen LogP contribution is 2.43. The summed E-state index contributed by atoms with van der Waals surface area (Å²) in [6, 6.07) is 0. The third-order valence-corrected chi connectivity index (χ3v) is 7.48. The van der Waals surface area contributed by atoms with Crippen molar-refractivity contribution in [2.75, 3.05) is 6.61 Å². The molecule has 0 aromatic heterocycles. The number of hydrogen-bond donors (Lipinski definition) is 0. The van der Waals surface area contributed by atoms with Crippen molar-refractivity contribution < 1.29 is 13.5 Å². The minimum atomic E-state index is -1.49. The molecular formula is C25H38F2O. The lowest BCUT2D eigenvalue weighted by molar-refractivity contribution is -0.0518. The zero-order valence-corrected chi connectivity index (χ0v) is 17.3. The predicted octanol–water partition coefficient (Wildman–Crippen LogP) is 7.70. The van der Waals surface area contributed by atoms with Crippen molar-refractivity contribution in [3.63, 3.8) is 0 Å². The van der Waals surface area contributed by atoms with E-state index in [4.69, 9.17) is 4.74 Å². The fourth-order valence-corrected chi connectivity index (χ4v) is 5.77. The van der Waals surface area contributed by atoms with E-state index in [2.05, 4.69) is 18.7 Å². The molecule has 2 saturated carbocycles. The first-order valence-corrected chi connectivity index (χ1v) is 11.6. The number of hydrogen-bond acceptors (Lipinski definition) is 1. The van der Waals surface area contributed by atoms with Gasteiger partial charge in [-0.05, 0) is 107 Å². The third kappa shape index (κ3) is 6.54. The van der Waals surface area contributed by atoms with Gasteiger partial charge in [-0.1, -0.05) is 18.2 Å². The monoisotopic (exact) mass is 392 g/mol. The van der Waals surface area contributed by atoms with Crippen LogP contribution in [0.2, 0.25) is 0 Å². The van der Waals surface area contributed by atoms with Crippen LogP contribution in [0.4, 0.5) is 8.78 Å². The fourth-order valence-electron chi connectivity index (χ4n) is 5.77. The molecule has 0 aromatic carbocycles. The number of rotatable bonds is 7. The second-order valence-electron chi connectivity index (χ2n) is 9.31. The van der Waals surface area contributed by atoms with Gasteiger partial charge in [-0.15, -0.1) is 6.58 Å². The molecule has 3 fully saturated rings. The highest BCUT2D eigenvalue weighted by molar-refractivity contribution is 4.94. The summed E-state index contributed by atoms with van der Waals surface area (Å²) in [6.07, 6.45) is 20.8. The molecule has 28 heavy (non-hydrogen) atoms. The van der Waals surface area contributed by atoms with E-state index >= 15 is 0 Å². The summed E-state index contributed by atoms with van der Waals surface area (Å²) in [5.41, 5.74) is 0. The quantitative estimate of drug-likeness (QED) is 0.319. The van der Waals surface area contributed by atoms with Crippen molar-refractivity contribution in [2.24, 2.45) is 29.6 Å². The molecule has 3 heteroatoms. The normalized spacial score (nSPS) is 36.9. The molecule has 1 heterocycles. The molecule has 0 spiro atoms. The van der Waals surface area contributed by atoms with Crippen LogP contribution in [0.5, 0.6) is 0 Å². The molecule has 2 atom stereocenters. The number of allylic oxidation sites excluding steroid dienone is 3. The van der Waals surface area contributed by atoms with E-state index in [9.17, 15) is 8.78 Å². The fraction of sp³-hybridized carbons (Fsp3) is 0.760. The van der Waals surface area contributed by atoms with E-state index in [1.807, 2.05) is 6.08 Å². The van der Waals surface area contributed by atoms with Gasteiger partial charge >= 0.3 is 0 Å². The minimum absolute atomic E-state index is 0.118. The Kier molecular flexibility index (Phi) is 8.76. The Morgan fingerprint density at radius 3 is 1.96 bits per heavy atom. The van der Waals surface area contributed by atoms with Gasteiger partial charge in [-0.25, -0.2) is 0 Å². The van der Waals surface area contributed by atoms with E-state index in [-0.39, 0.29) is 5.92 Å². The molecule has 2 aliphatic carbocycles. The molecule has 0 N–H and O–H groups in total. The molecule has 0 radical (unpaired) electrons. The maximum absolute atomic E-state index is 12.4. The van der Waals surface area contributed by atoms with Crippen LogP contribution < -0.4 is 0 Å². The maximum Gasteiger partial charge on any atom is 0.266 e. The van der Waals surface area contributed by atoms with Gasteiger partial charge in [-0.3, -0.25) is 0 Å². The first kappa shape index (κ1) is 21.7. The Morgan fingerprint density at radius 1 is 0.786 bits per heavy atom. The summed E-state index contributed by atoms with van der Waals surface area (Å²) in [5, 5.41) is 0. The van der Waals surface area contributed by atoms with Crippen molar-refractivity contribution in [2.45, 2.75) is 83.2 Å². The van der Waals surface area contributed by atoms with Gasteiger partial charge in [-0.2, -0.15) is 8.78 Å². The summed E-state index contributed by atoms with van der Waals surface area (Å²) >= 11 is 0. The first-order valence-electron chi connectivity index (χ1n) is 11.6. The third-order valence-electron chi connectivity index (χ3n) is 7.48. The van der Waals surface area contributed by atoms with Crippen LogP contribution in [0.25, 0.3) is 0 Å². The molecular weight excluding hydrogens is 354 g/mol. The molecule has 0 aromatic rings. The van der Waals surface area contributed by atoms with Crippen LogP contribution in [0.15, 0.2) is 37.0 Å². The molecule has 3 rings (SSSR count). The highest BCUT2D eigenvalue weighted by atomic mass is 19.3. The van der Waals surface area contributed by atoms with Gasteiger partial charge in [0.15, 0.2) is 0 Å². The Hall–Kier alpha value is -0.960. The van der Waals surface area contributed by atoms with Gasteiger partial charge < -0.3 is 4.74 Å². The smallest absolute Gasteiger partial charge is 0.266 e. The van der Waals surface area contributed by atoms with Gasteiger partial charge in [0.05, 0.1) is 12.7 Å². The van der Waals surface area contributed by atoms with E-state index < -0.39 is 6.08 Å². The summed E-state index contributed by atoms with van der Waals surface area (Å²) < 4.78 is 31.2. The van der Waals surface area contributed by atoms with E-state index in [0.29, 0.717) is 12.0 Å². The molecule has 158 valence electrons. The van der Waals surface area contributed by atoms with E-state index in [0.717, 1.165) is 62.9 Å². The average Bonchev–Trinajstić information content (AvgIpc) is 2.72. The van der Waals surface area contributed by atoms with E-state index in [1.165, 1.54) is 44.6 Å². The second kappa shape index (κ2) is 11.3. The Labute approximate surface area is 170 Å². The molecule has 1 nitrogen and oxygen atoms in total. The second-order valence-corrected chi connectivity index (χ2v) is 9.31. The van der Waals surface area contributed by atoms with E-state index in [1.54, 1.807) is 0 Å². The Morgan fingerprint density at radius 2 is 1.39 bits per heavy atom. The van der Waals surface area contributed by atoms with Crippen LogP contribution in [-0.4, -0.2) is 12.7 Å². The topological polar surface area (TPSA) is 9.23 Å². The van der Waals surface area contributed by atoms with Crippen molar-refractivity contribution in [3.05, 3.63) is 37.0 Å². The first-order chi connectivity index (χ1) is 13.7. The molecule has 2 unspecified atom stereocenters. The highest BCUT2D eigenvalue weighted by Gasteiger charge is 2.34. The van der Waals surface area contributed by atoms with Crippen molar-refractivity contribution in [3.8, 4) is 0 Å². The standard InChI is InChI=1S/C25H38F2O/c1-2-3-4-5-6-20-9-16-24(28-18-20)23-14-12-22(13-15-23)21-10-7-19(8-11-21)17-25(26)27/h2,5-6,17,19-24H,1,3-4,7-16,18H2. The van der Waals surface area contributed by atoms with Crippen LogP contribution in [0, 0.1) is 29.6 Å². The van der Waals surface area contributed by atoms with Crippen molar-refractivity contribution >= 4 is 0 Å².